The molecule has 4 heterocycles. The van der Waals surface area contributed by atoms with Crippen LogP contribution in [0.5, 0.6) is 0 Å². The maximum Gasteiger partial charge on any atom is 0.258 e. The van der Waals surface area contributed by atoms with Crippen molar-refractivity contribution in [3.05, 3.63) is 51.7 Å². The number of hydrogen-bond acceptors (Lipinski definition) is 6. The predicted octanol–water partition coefficient (Wildman–Crippen LogP) is 4.25. The van der Waals surface area contributed by atoms with Crippen molar-refractivity contribution in [1.29, 1.82) is 0 Å². The van der Waals surface area contributed by atoms with E-state index in [1.807, 2.05) is 29.2 Å². The molecule has 34 heavy (non-hydrogen) atoms. The van der Waals surface area contributed by atoms with Gasteiger partial charge in [-0.3, -0.25) is 24.8 Å². The number of amides is 2. The maximum atomic E-state index is 13.6. The predicted molar refractivity (Wildman–Crippen MR) is 135 cm³/mol. The summed E-state index contributed by atoms with van der Waals surface area (Å²) < 4.78 is 0. The second kappa shape index (κ2) is 9.43. The molecule has 5 rings (SSSR count). The van der Waals surface area contributed by atoms with E-state index in [0.29, 0.717) is 36.1 Å². The topological polar surface area (TPSA) is 78.4 Å². The molecule has 2 amide bonds. The van der Waals surface area contributed by atoms with E-state index in [-0.39, 0.29) is 11.8 Å². The number of thiazole rings is 1. The number of fused-ring (bicyclic) bond motifs is 3. The van der Waals surface area contributed by atoms with Crippen LogP contribution in [0, 0.1) is 5.92 Å². The highest BCUT2D eigenvalue weighted by atomic mass is 32.1. The minimum absolute atomic E-state index is 0.133. The largest absolute Gasteiger partial charge is 0.337 e. The van der Waals surface area contributed by atoms with Crippen LogP contribution in [0.1, 0.15) is 59.4 Å². The monoisotopic (exact) mass is 477 g/mol. The van der Waals surface area contributed by atoms with Crippen LogP contribution >= 0.6 is 11.3 Å². The first-order valence-corrected chi connectivity index (χ1v) is 12.9. The second-order valence-corrected chi connectivity index (χ2v) is 10.6. The van der Waals surface area contributed by atoms with E-state index in [0.717, 1.165) is 65.2 Å². The molecule has 0 aliphatic carbocycles. The van der Waals surface area contributed by atoms with Gasteiger partial charge in [-0.1, -0.05) is 50.3 Å². The zero-order valence-electron chi connectivity index (χ0n) is 20.1. The average Bonchev–Trinajstić information content (AvgIpc) is 3.22. The van der Waals surface area contributed by atoms with Crippen LogP contribution in [0.2, 0.25) is 0 Å². The minimum atomic E-state index is -0.133. The first kappa shape index (κ1) is 22.9. The van der Waals surface area contributed by atoms with Gasteiger partial charge in [-0.15, -0.1) is 0 Å². The Labute approximate surface area is 204 Å². The molecule has 2 aromatic heterocycles. The highest BCUT2D eigenvalue weighted by molar-refractivity contribution is 7.15. The number of hydrogen-bond donors (Lipinski definition) is 1. The van der Waals surface area contributed by atoms with E-state index in [4.69, 9.17) is 9.97 Å². The molecular formula is C26H31N5O2S. The van der Waals surface area contributed by atoms with Crippen molar-refractivity contribution in [1.82, 2.24) is 19.8 Å². The smallest absolute Gasteiger partial charge is 0.258 e. The fourth-order valence-corrected chi connectivity index (χ4v) is 5.89. The molecule has 1 aromatic carbocycles. The minimum Gasteiger partial charge on any atom is -0.337 e. The number of likely N-dealkylation sites (N-methyl/N-ethyl adjacent to an activating group) is 1. The standard InChI is InChI=1S/C26H31N5O2S/c1-4-30-11-9-20-18(14-30)24(17-7-5-6-8-19(17)27-20)25(33)29-26-28-21-10-12-31(15-22(21)34-26)23(32)13-16(2)3/h5-8,16H,4,9-15H2,1-3H3,(H,28,29,33). The molecule has 7 nitrogen and oxygen atoms in total. The quantitative estimate of drug-likeness (QED) is 0.594. The molecule has 0 saturated heterocycles. The van der Waals surface area contributed by atoms with Gasteiger partial charge < -0.3 is 4.90 Å². The Morgan fingerprint density at radius 1 is 1.09 bits per heavy atom. The zero-order valence-corrected chi connectivity index (χ0v) is 20.9. The third-order valence-electron chi connectivity index (χ3n) is 6.69. The van der Waals surface area contributed by atoms with E-state index >= 15 is 0 Å². The van der Waals surface area contributed by atoms with Crippen molar-refractivity contribution in [2.24, 2.45) is 5.92 Å². The third-order valence-corrected chi connectivity index (χ3v) is 7.68. The normalized spacial score (nSPS) is 15.9. The van der Waals surface area contributed by atoms with E-state index in [1.54, 1.807) is 0 Å². The number of nitrogens with zero attached hydrogens (tertiary/aromatic N) is 4. The number of aromatic nitrogens is 2. The van der Waals surface area contributed by atoms with Crippen molar-refractivity contribution in [3.63, 3.8) is 0 Å². The summed E-state index contributed by atoms with van der Waals surface area (Å²) in [7, 11) is 0. The summed E-state index contributed by atoms with van der Waals surface area (Å²) in [4.78, 5) is 41.1. The molecule has 0 unspecified atom stereocenters. The molecule has 0 spiro atoms. The molecule has 0 atom stereocenters. The van der Waals surface area contributed by atoms with Gasteiger partial charge in [0.1, 0.15) is 0 Å². The number of rotatable bonds is 5. The fourth-order valence-electron chi connectivity index (χ4n) is 4.88. The Hall–Kier alpha value is -2.84. The molecule has 2 aliphatic rings. The lowest BCUT2D eigenvalue weighted by atomic mass is 9.95. The number of pyridine rings is 1. The summed E-state index contributed by atoms with van der Waals surface area (Å²) in [6, 6.07) is 7.88. The molecule has 1 N–H and O–H groups in total. The number of carbonyl (C=O) groups is 2. The Morgan fingerprint density at radius 2 is 1.88 bits per heavy atom. The summed E-state index contributed by atoms with van der Waals surface area (Å²) in [5, 5.41) is 4.57. The van der Waals surface area contributed by atoms with E-state index < -0.39 is 0 Å². The molecule has 178 valence electrons. The Bertz CT molecular complexity index is 1250. The number of anilines is 1. The lowest BCUT2D eigenvalue weighted by Crippen LogP contribution is -2.36. The average molecular weight is 478 g/mol. The maximum absolute atomic E-state index is 13.6. The molecular weight excluding hydrogens is 446 g/mol. The van der Waals surface area contributed by atoms with Gasteiger partial charge in [-0.25, -0.2) is 4.98 Å². The van der Waals surface area contributed by atoms with Crippen LogP contribution in [0.15, 0.2) is 24.3 Å². The highest BCUT2D eigenvalue weighted by Gasteiger charge is 2.28. The van der Waals surface area contributed by atoms with Crippen LogP contribution in [0.3, 0.4) is 0 Å². The van der Waals surface area contributed by atoms with Gasteiger partial charge in [0, 0.05) is 60.4 Å². The third kappa shape index (κ3) is 4.44. The molecule has 0 fully saturated rings. The van der Waals surface area contributed by atoms with E-state index in [9.17, 15) is 9.59 Å². The summed E-state index contributed by atoms with van der Waals surface area (Å²) in [6.45, 7) is 10.2. The first-order valence-electron chi connectivity index (χ1n) is 12.1. The van der Waals surface area contributed by atoms with Crippen molar-refractivity contribution in [2.45, 2.75) is 53.1 Å². The number of nitrogens with one attached hydrogen (secondary N) is 1. The summed E-state index contributed by atoms with van der Waals surface area (Å²) >= 11 is 1.48. The van der Waals surface area contributed by atoms with Crippen LogP contribution in [0.25, 0.3) is 10.9 Å². The Morgan fingerprint density at radius 3 is 2.68 bits per heavy atom. The molecule has 8 heteroatoms. The van der Waals surface area contributed by atoms with Crippen molar-refractivity contribution < 1.29 is 9.59 Å². The summed E-state index contributed by atoms with van der Waals surface area (Å²) in [5.74, 6) is 0.400. The van der Waals surface area contributed by atoms with Crippen molar-refractivity contribution >= 4 is 39.2 Å². The molecule has 0 radical (unpaired) electrons. The van der Waals surface area contributed by atoms with Gasteiger partial charge in [-0.2, -0.15) is 0 Å². The van der Waals surface area contributed by atoms with E-state index in [1.165, 1.54) is 11.3 Å². The van der Waals surface area contributed by atoms with Crippen LogP contribution in [-0.4, -0.2) is 51.2 Å². The van der Waals surface area contributed by atoms with Gasteiger partial charge in [0.25, 0.3) is 5.91 Å². The van der Waals surface area contributed by atoms with Gasteiger partial charge in [0.05, 0.1) is 23.3 Å². The summed E-state index contributed by atoms with van der Waals surface area (Å²) in [6.07, 6.45) is 2.14. The van der Waals surface area contributed by atoms with Crippen molar-refractivity contribution in [2.75, 3.05) is 25.0 Å². The van der Waals surface area contributed by atoms with E-state index in [2.05, 4.69) is 31.0 Å². The molecule has 2 aliphatic heterocycles. The second-order valence-electron chi connectivity index (χ2n) is 9.55. The lowest BCUT2D eigenvalue weighted by Gasteiger charge is -2.29. The molecule has 0 saturated carbocycles. The van der Waals surface area contributed by atoms with Crippen LogP contribution in [-0.2, 0) is 30.7 Å². The lowest BCUT2D eigenvalue weighted by molar-refractivity contribution is -0.132. The Kier molecular flexibility index (Phi) is 6.36. The SMILES string of the molecule is CCN1CCc2nc3ccccc3c(C(=O)Nc3nc4c(s3)CN(C(=O)CC(C)C)CC4)c2C1. The van der Waals surface area contributed by atoms with Crippen LogP contribution < -0.4 is 5.32 Å². The first-order chi connectivity index (χ1) is 16.4. The highest BCUT2D eigenvalue weighted by Crippen LogP contribution is 2.32. The zero-order chi connectivity index (χ0) is 23.8. The Balaban J connectivity index is 1.42. The van der Waals surface area contributed by atoms with Gasteiger partial charge in [0.2, 0.25) is 5.91 Å². The van der Waals surface area contributed by atoms with Gasteiger partial charge in [0.15, 0.2) is 5.13 Å². The van der Waals surface area contributed by atoms with Gasteiger partial charge >= 0.3 is 0 Å². The fraction of sp³-hybridized carbons (Fsp3) is 0.462. The summed E-state index contributed by atoms with van der Waals surface area (Å²) in [5.41, 5.74) is 4.60. The van der Waals surface area contributed by atoms with Gasteiger partial charge in [-0.05, 0) is 18.5 Å². The molecule has 3 aromatic rings. The molecule has 0 bridgehead atoms. The number of para-hydroxylation sites is 1. The van der Waals surface area contributed by atoms with Crippen LogP contribution in [0.4, 0.5) is 5.13 Å². The number of benzene rings is 1. The van der Waals surface area contributed by atoms with Crippen molar-refractivity contribution in [3.8, 4) is 0 Å². The number of carbonyl (C=O) groups excluding carboxylic acids is 2.